The van der Waals surface area contributed by atoms with Gasteiger partial charge in [-0.25, -0.2) is 5.43 Å². The number of esters is 1. The van der Waals surface area contributed by atoms with E-state index in [2.05, 4.69) is 25.7 Å². The fraction of sp³-hybridized carbons (Fsp3) is 0.312. The third-order valence-corrected chi connectivity index (χ3v) is 3.56. The Hall–Kier alpha value is -3.03. The number of fused-ring (bicyclic) bond motifs is 3. The van der Waals surface area contributed by atoms with Crippen molar-refractivity contribution in [3.63, 3.8) is 0 Å². The predicted octanol–water partition coefficient (Wildman–Crippen LogP) is 2.26. The van der Waals surface area contributed by atoms with E-state index in [9.17, 15) is 4.79 Å². The van der Waals surface area contributed by atoms with Crippen molar-refractivity contribution in [3.8, 4) is 0 Å². The lowest BCUT2D eigenvalue weighted by Gasteiger charge is -2.03. The molecule has 3 rings (SSSR count). The van der Waals surface area contributed by atoms with Gasteiger partial charge in [-0.15, -0.1) is 10.2 Å². The van der Waals surface area contributed by atoms with Gasteiger partial charge in [0.1, 0.15) is 5.52 Å². The number of nitrogens with zero attached hydrogens (tertiary/aromatic N) is 5. The molecule has 2 aromatic heterocycles. The SMILES string of the molecule is CCOC(=O)C/C(C)=N\Nc1nnc2c3ccccc3n(C)c2n1. The van der Waals surface area contributed by atoms with Crippen molar-refractivity contribution >= 4 is 39.7 Å². The van der Waals surface area contributed by atoms with Crippen LogP contribution in [0.1, 0.15) is 20.3 Å². The first-order chi connectivity index (χ1) is 11.6. The van der Waals surface area contributed by atoms with E-state index in [0.29, 0.717) is 18.0 Å². The highest BCUT2D eigenvalue weighted by atomic mass is 16.5. The molecule has 0 fully saturated rings. The zero-order valence-electron chi connectivity index (χ0n) is 13.8. The average molecular weight is 326 g/mol. The molecule has 1 aromatic carbocycles. The van der Waals surface area contributed by atoms with Gasteiger partial charge in [0.05, 0.1) is 18.5 Å². The third-order valence-electron chi connectivity index (χ3n) is 3.56. The van der Waals surface area contributed by atoms with Gasteiger partial charge in [-0.2, -0.15) is 10.1 Å². The Balaban J connectivity index is 1.85. The molecular weight excluding hydrogens is 308 g/mol. The molecule has 0 aliphatic rings. The van der Waals surface area contributed by atoms with Crippen LogP contribution in [0.15, 0.2) is 29.4 Å². The summed E-state index contributed by atoms with van der Waals surface area (Å²) in [5.74, 6) is -0.0413. The number of rotatable bonds is 5. The van der Waals surface area contributed by atoms with Gasteiger partial charge in [-0.05, 0) is 19.9 Å². The fourth-order valence-corrected chi connectivity index (χ4v) is 2.46. The molecular formula is C16H18N6O2. The smallest absolute Gasteiger partial charge is 0.311 e. The summed E-state index contributed by atoms with van der Waals surface area (Å²) in [5, 5.41) is 13.4. The van der Waals surface area contributed by atoms with Crippen LogP contribution in [0.3, 0.4) is 0 Å². The number of hydrogen-bond donors (Lipinski definition) is 1. The summed E-state index contributed by atoms with van der Waals surface area (Å²) in [4.78, 5) is 15.9. The van der Waals surface area contributed by atoms with Gasteiger partial charge in [-0.1, -0.05) is 18.2 Å². The molecule has 0 saturated carbocycles. The molecule has 0 unspecified atom stereocenters. The first-order valence-corrected chi connectivity index (χ1v) is 7.62. The van der Waals surface area contributed by atoms with Crippen molar-refractivity contribution in [3.05, 3.63) is 24.3 Å². The molecule has 1 N–H and O–H groups in total. The molecule has 3 aromatic rings. The summed E-state index contributed by atoms with van der Waals surface area (Å²) < 4.78 is 6.84. The third kappa shape index (κ3) is 3.03. The number of aryl methyl sites for hydroxylation is 1. The maximum absolute atomic E-state index is 11.4. The van der Waals surface area contributed by atoms with E-state index in [1.54, 1.807) is 13.8 Å². The second kappa shape index (κ2) is 6.61. The molecule has 8 nitrogen and oxygen atoms in total. The van der Waals surface area contributed by atoms with E-state index in [1.807, 2.05) is 35.9 Å². The Bertz CT molecular complexity index is 931. The van der Waals surface area contributed by atoms with Crippen molar-refractivity contribution in [2.75, 3.05) is 12.0 Å². The molecule has 0 aliphatic carbocycles. The number of hydrazone groups is 1. The molecule has 24 heavy (non-hydrogen) atoms. The van der Waals surface area contributed by atoms with E-state index >= 15 is 0 Å². The van der Waals surface area contributed by atoms with Crippen LogP contribution in [0.2, 0.25) is 0 Å². The van der Waals surface area contributed by atoms with Crippen LogP contribution in [-0.2, 0) is 16.6 Å². The summed E-state index contributed by atoms with van der Waals surface area (Å²) in [6, 6.07) is 7.92. The Morgan fingerprint density at radius 1 is 1.33 bits per heavy atom. The Labute approximate surface area is 138 Å². The zero-order valence-corrected chi connectivity index (χ0v) is 13.8. The van der Waals surface area contributed by atoms with Gasteiger partial charge in [0.2, 0.25) is 0 Å². The first-order valence-electron chi connectivity index (χ1n) is 7.62. The number of aromatic nitrogens is 4. The highest BCUT2D eigenvalue weighted by molar-refractivity contribution is 6.04. The number of carbonyl (C=O) groups excluding carboxylic acids is 1. The molecule has 0 radical (unpaired) electrons. The van der Waals surface area contributed by atoms with Crippen molar-refractivity contribution < 1.29 is 9.53 Å². The van der Waals surface area contributed by atoms with Gasteiger partial charge in [0.25, 0.3) is 5.95 Å². The van der Waals surface area contributed by atoms with Crippen molar-refractivity contribution in [2.45, 2.75) is 20.3 Å². The number of ether oxygens (including phenoxy) is 1. The molecule has 0 spiro atoms. The number of carbonyl (C=O) groups is 1. The molecule has 8 heteroatoms. The molecule has 0 bridgehead atoms. The lowest BCUT2D eigenvalue weighted by molar-refractivity contribution is -0.141. The van der Waals surface area contributed by atoms with Crippen LogP contribution >= 0.6 is 0 Å². The monoisotopic (exact) mass is 326 g/mol. The van der Waals surface area contributed by atoms with Crippen LogP contribution in [0.5, 0.6) is 0 Å². The number of nitrogens with one attached hydrogen (secondary N) is 1. The fourth-order valence-electron chi connectivity index (χ4n) is 2.46. The summed E-state index contributed by atoms with van der Waals surface area (Å²) in [7, 11) is 1.93. The summed E-state index contributed by atoms with van der Waals surface area (Å²) in [6.45, 7) is 3.85. The van der Waals surface area contributed by atoms with E-state index in [0.717, 1.165) is 16.4 Å². The standard InChI is InChI=1S/C16H18N6O2/c1-4-24-13(23)9-10(2)18-20-16-17-15-14(19-21-16)11-7-5-6-8-12(11)22(15)3/h5-8H,4,9H2,1-3H3,(H,17,20,21)/b18-10-. The van der Waals surface area contributed by atoms with Crippen LogP contribution < -0.4 is 5.43 Å². The topological polar surface area (TPSA) is 94.3 Å². The van der Waals surface area contributed by atoms with Crippen LogP contribution in [0.25, 0.3) is 22.1 Å². The van der Waals surface area contributed by atoms with E-state index in [-0.39, 0.29) is 18.3 Å². The van der Waals surface area contributed by atoms with Crippen molar-refractivity contribution in [1.82, 2.24) is 19.7 Å². The zero-order chi connectivity index (χ0) is 17.1. The van der Waals surface area contributed by atoms with Gasteiger partial charge in [0.15, 0.2) is 5.65 Å². The normalized spacial score (nSPS) is 11.9. The largest absolute Gasteiger partial charge is 0.466 e. The molecule has 124 valence electrons. The Kier molecular flexibility index (Phi) is 4.37. The predicted molar refractivity (Wildman–Crippen MR) is 91.8 cm³/mol. The summed E-state index contributed by atoms with van der Waals surface area (Å²) >= 11 is 0. The minimum absolute atomic E-state index is 0.116. The minimum Gasteiger partial charge on any atom is -0.466 e. The quantitative estimate of drug-likeness (QED) is 0.439. The highest BCUT2D eigenvalue weighted by Crippen LogP contribution is 2.24. The maximum atomic E-state index is 11.4. The molecule has 0 atom stereocenters. The van der Waals surface area contributed by atoms with Crippen LogP contribution in [0.4, 0.5) is 5.95 Å². The van der Waals surface area contributed by atoms with Crippen LogP contribution in [-0.4, -0.2) is 38.0 Å². The number of benzene rings is 1. The summed E-state index contributed by atoms with van der Waals surface area (Å²) in [5.41, 5.74) is 5.81. The molecule has 0 saturated heterocycles. The first kappa shape index (κ1) is 15.9. The number of hydrogen-bond acceptors (Lipinski definition) is 7. The molecule has 2 heterocycles. The van der Waals surface area contributed by atoms with E-state index in [4.69, 9.17) is 4.74 Å². The van der Waals surface area contributed by atoms with Gasteiger partial charge >= 0.3 is 5.97 Å². The van der Waals surface area contributed by atoms with Gasteiger partial charge in [0, 0.05) is 18.1 Å². The molecule has 0 amide bonds. The average Bonchev–Trinajstić information content (AvgIpc) is 2.86. The Morgan fingerprint density at radius 3 is 2.92 bits per heavy atom. The van der Waals surface area contributed by atoms with Crippen molar-refractivity contribution in [1.29, 1.82) is 0 Å². The number of para-hydroxylation sites is 1. The van der Waals surface area contributed by atoms with Gasteiger partial charge in [-0.3, -0.25) is 4.79 Å². The van der Waals surface area contributed by atoms with Crippen LogP contribution in [0, 0.1) is 0 Å². The van der Waals surface area contributed by atoms with E-state index < -0.39 is 0 Å². The van der Waals surface area contributed by atoms with Crippen molar-refractivity contribution in [2.24, 2.45) is 12.1 Å². The second-order valence-corrected chi connectivity index (χ2v) is 5.32. The maximum Gasteiger partial charge on any atom is 0.311 e. The van der Waals surface area contributed by atoms with E-state index in [1.165, 1.54) is 0 Å². The lowest BCUT2D eigenvalue weighted by atomic mass is 10.2. The Morgan fingerprint density at radius 2 is 2.12 bits per heavy atom. The minimum atomic E-state index is -0.316. The second-order valence-electron chi connectivity index (χ2n) is 5.32. The highest BCUT2D eigenvalue weighted by Gasteiger charge is 2.12. The van der Waals surface area contributed by atoms with Gasteiger partial charge < -0.3 is 9.30 Å². The lowest BCUT2D eigenvalue weighted by Crippen LogP contribution is -2.10. The molecule has 0 aliphatic heterocycles. The summed E-state index contributed by atoms with van der Waals surface area (Å²) in [6.07, 6.45) is 0.116. The number of anilines is 1.